The van der Waals surface area contributed by atoms with Gasteiger partial charge in [0.05, 0.1) is 4.47 Å². The van der Waals surface area contributed by atoms with E-state index in [1.54, 1.807) is 23.9 Å². The maximum Gasteiger partial charge on any atom is 0.263 e. The summed E-state index contributed by atoms with van der Waals surface area (Å²) in [6, 6.07) is 9.91. The fourth-order valence-corrected chi connectivity index (χ4v) is 4.41. The summed E-state index contributed by atoms with van der Waals surface area (Å²) in [5.41, 5.74) is 6.46. The molecule has 2 rings (SSSR count). The van der Waals surface area contributed by atoms with Gasteiger partial charge in [-0.25, -0.2) is 8.42 Å². The third-order valence-corrected chi connectivity index (χ3v) is 6.18. The Balaban J connectivity index is 2.38. The van der Waals surface area contributed by atoms with Crippen LogP contribution in [-0.4, -0.2) is 14.7 Å². The minimum atomic E-state index is -3.78. The van der Waals surface area contributed by atoms with Crippen LogP contribution in [0.5, 0.6) is 0 Å². The van der Waals surface area contributed by atoms with Crippen LogP contribution in [-0.2, 0) is 10.0 Å². The highest BCUT2D eigenvalue weighted by Crippen LogP contribution is 2.32. The Morgan fingerprint density at radius 2 is 1.86 bits per heavy atom. The van der Waals surface area contributed by atoms with E-state index in [-0.39, 0.29) is 15.6 Å². The Kier molecular flexibility index (Phi) is 5.08. The highest BCUT2D eigenvalue weighted by molar-refractivity contribution is 9.10. The van der Waals surface area contributed by atoms with E-state index in [9.17, 15) is 8.42 Å². The first kappa shape index (κ1) is 16.5. The van der Waals surface area contributed by atoms with E-state index in [1.807, 2.05) is 18.4 Å². The molecule has 0 fully saturated rings. The predicted molar refractivity (Wildman–Crippen MR) is 92.6 cm³/mol. The van der Waals surface area contributed by atoms with E-state index < -0.39 is 10.0 Å². The number of nitrogens with one attached hydrogen (secondary N) is 1. The first-order chi connectivity index (χ1) is 9.83. The second-order valence-corrected chi connectivity index (χ2v) is 7.90. The number of benzene rings is 2. The summed E-state index contributed by atoms with van der Waals surface area (Å²) in [4.78, 5) is 1.05. The van der Waals surface area contributed by atoms with Crippen molar-refractivity contribution in [1.82, 2.24) is 0 Å². The fraction of sp³-hybridized carbons (Fsp3) is 0.0769. The fourth-order valence-electron chi connectivity index (χ4n) is 1.65. The van der Waals surface area contributed by atoms with Gasteiger partial charge in [0.2, 0.25) is 0 Å². The number of thioether (sulfide) groups is 1. The lowest BCUT2D eigenvalue weighted by Gasteiger charge is -2.12. The van der Waals surface area contributed by atoms with Crippen LogP contribution in [0.2, 0.25) is 5.02 Å². The van der Waals surface area contributed by atoms with Crippen molar-refractivity contribution in [2.24, 2.45) is 0 Å². The van der Waals surface area contributed by atoms with Gasteiger partial charge in [-0.3, -0.25) is 4.72 Å². The Labute approximate surface area is 141 Å². The second kappa shape index (κ2) is 6.48. The third-order valence-electron chi connectivity index (χ3n) is 2.66. The Hall–Kier alpha value is -0.890. The lowest BCUT2D eigenvalue weighted by Crippen LogP contribution is -2.14. The average molecular weight is 408 g/mol. The molecular formula is C13H12BrClN2O2S2. The summed E-state index contributed by atoms with van der Waals surface area (Å²) in [5.74, 6) is 0. The maximum absolute atomic E-state index is 12.4. The van der Waals surface area contributed by atoms with E-state index in [1.165, 1.54) is 12.1 Å². The summed E-state index contributed by atoms with van der Waals surface area (Å²) in [5, 5.41) is 0.258. The lowest BCUT2D eigenvalue weighted by atomic mass is 10.3. The van der Waals surface area contributed by atoms with Crippen molar-refractivity contribution in [1.29, 1.82) is 0 Å². The van der Waals surface area contributed by atoms with Gasteiger partial charge in [0.1, 0.15) is 4.90 Å². The van der Waals surface area contributed by atoms with Crippen LogP contribution in [0.4, 0.5) is 11.4 Å². The number of nitrogens with two attached hydrogens (primary N) is 1. The molecule has 0 aliphatic carbocycles. The molecule has 0 radical (unpaired) electrons. The van der Waals surface area contributed by atoms with Crippen LogP contribution in [0.3, 0.4) is 0 Å². The molecule has 0 heterocycles. The minimum Gasteiger partial charge on any atom is -0.398 e. The van der Waals surface area contributed by atoms with Gasteiger partial charge in [-0.1, -0.05) is 11.6 Å². The zero-order valence-electron chi connectivity index (χ0n) is 10.9. The summed E-state index contributed by atoms with van der Waals surface area (Å²) in [7, 11) is -3.78. The Morgan fingerprint density at radius 1 is 1.24 bits per heavy atom. The predicted octanol–water partition coefficient (Wildman–Crippen LogP) is 4.21. The van der Waals surface area contributed by atoms with Crippen molar-refractivity contribution in [3.8, 4) is 0 Å². The molecule has 112 valence electrons. The first-order valence-corrected chi connectivity index (χ1v) is 9.63. The van der Waals surface area contributed by atoms with Gasteiger partial charge in [0.25, 0.3) is 10.0 Å². The SMILES string of the molecule is CSc1ccc(NS(=O)(=O)c2cc(Cl)cc(N)c2Br)cc1. The van der Waals surface area contributed by atoms with Crippen LogP contribution in [0, 0.1) is 0 Å². The quantitative estimate of drug-likeness (QED) is 0.588. The van der Waals surface area contributed by atoms with Crippen LogP contribution in [0.25, 0.3) is 0 Å². The Morgan fingerprint density at radius 3 is 2.43 bits per heavy atom. The maximum atomic E-state index is 12.4. The van der Waals surface area contributed by atoms with Gasteiger partial charge in [0, 0.05) is 21.3 Å². The van der Waals surface area contributed by atoms with Crippen molar-refractivity contribution in [2.45, 2.75) is 9.79 Å². The molecule has 0 saturated carbocycles. The Bertz CT molecular complexity index is 764. The molecule has 3 N–H and O–H groups in total. The summed E-state index contributed by atoms with van der Waals surface area (Å²) < 4.78 is 27.6. The van der Waals surface area contributed by atoms with Gasteiger partial charge >= 0.3 is 0 Å². The molecule has 2 aromatic carbocycles. The molecule has 0 aliphatic heterocycles. The summed E-state index contributed by atoms with van der Waals surface area (Å²) in [6.07, 6.45) is 1.95. The van der Waals surface area contributed by atoms with Crippen molar-refractivity contribution in [3.05, 3.63) is 45.9 Å². The smallest absolute Gasteiger partial charge is 0.263 e. The second-order valence-electron chi connectivity index (χ2n) is 4.14. The molecule has 0 unspecified atom stereocenters. The monoisotopic (exact) mass is 406 g/mol. The van der Waals surface area contributed by atoms with Crippen LogP contribution in [0.15, 0.2) is 50.7 Å². The van der Waals surface area contributed by atoms with Crippen LogP contribution < -0.4 is 10.5 Å². The molecule has 0 saturated heterocycles. The number of rotatable bonds is 4. The molecule has 4 nitrogen and oxygen atoms in total. The molecule has 21 heavy (non-hydrogen) atoms. The largest absolute Gasteiger partial charge is 0.398 e. The topological polar surface area (TPSA) is 72.2 Å². The van der Waals surface area contributed by atoms with E-state index in [0.29, 0.717) is 10.2 Å². The standard InChI is InChI=1S/C13H12BrClN2O2S2/c1-20-10-4-2-9(3-5-10)17-21(18,19)12-7-8(15)6-11(16)13(12)14/h2-7,17H,16H2,1H3. The molecule has 8 heteroatoms. The highest BCUT2D eigenvalue weighted by Gasteiger charge is 2.20. The van der Waals surface area contributed by atoms with Crippen LogP contribution in [0.1, 0.15) is 0 Å². The first-order valence-electron chi connectivity index (χ1n) is 5.75. The van der Waals surface area contributed by atoms with E-state index in [4.69, 9.17) is 17.3 Å². The number of nitrogen functional groups attached to an aromatic ring is 1. The molecule has 0 spiro atoms. The van der Waals surface area contributed by atoms with Crippen LogP contribution >= 0.6 is 39.3 Å². The number of hydrogen-bond acceptors (Lipinski definition) is 4. The summed E-state index contributed by atoms with van der Waals surface area (Å²) >= 11 is 10.6. The molecule has 0 aliphatic rings. The van der Waals surface area contributed by atoms with Gasteiger partial charge in [-0.15, -0.1) is 11.8 Å². The van der Waals surface area contributed by atoms with Crippen molar-refractivity contribution in [2.75, 3.05) is 16.7 Å². The number of sulfonamides is 1. The molecular weight excluding hydrogens is 396 g/mol. The van der Waals surface area contributed by atoms with Gasteiger partial charge < -0.3 is 5.73 Å². The summed E-state index contributed by atoms with van der Waals surface area (Å²) in [6.45, 7) is 0. The number of anilines is 2. The van der Waals surface area contributed by atoms with Gasteiger partial charge in [0.15, 0.2) is 0 Å². The minimum absolute atomic E-state index is 0.00134. The van der Waals surface area contributed by atoms with E-state index >= 15 is 0 Å². The lowest BCUT2D eigenvalue weighted by molar-refractivity contribution is 0.601. The van der Waals surface area contributed by atoms with Crippen molar-refractivity contribution >= 4 is 60.7 Å². The molecule has 0 bridgehead atoms. The average Bonchev–Trinajstić information content (AvgIpc) is 2.43. The van der Waals surface area contributed by atoms with Gasteiger partial charge in [-0.05, 0) is 58.6 Å². The molecule has 0 atom stereocenters. The highest BCUT2D eigenvalue weighted by atomic mass is 79.9. The zero-order chi connectivity index (χ0) is 15.6. The number of halogens is 2. The normalized spacial score (nSPS) is 11.4. The molecule has 0 amide bonds. The van der Waals surface area contributed by atoms with Crippen molar-refractivity contribution < 1.29 is 8.42 Å². The van der Waals surface area contributed by atoms with Crippen molar-refractivity contribution in [3.63, 3.8) is 0 Å². The van der Waals surface area contributed by atoms with Gasteiger partial charge in [-0.2, -0.15) is 0 Å². The number of hydrogen-bond donors (Lipinski definition) is 2. The van der Waals surface area contributed by atoms with E-state index in [2.05, 4.69) is 20.7 Å². The van der Waals surface area contributed by atoms with E-state index in [0.717, 1.165) is 4.90 Å². The third kappa shape index (κ3) is 3.85. The molecule has 0 aromatic heterocycles. The molecule has 2 aromatic rings. The zero-order valence-corrected chi connectivity index (χ0v) is 14.9.